The lowest BCUT2D eigenvalue weighted by Gasteiger charge is -2.47. The summed E-state index contributed by atoms with van der Waals surface area (Å²) in [7, 11) is 0. The molecule has 188 valence electrons. The first kappa shape index (κ1) is 27.0. The van der Waals surface area contributed by atoms with Crippen molar-refractivity contribution < 1.29 is 29.0 Å². The molecule has 0 radical (unpaired) electrons. The summed E-state index contributed by atoms with van der Waals surface area (Å²) < 4.78 is 11.8. The molecular formula is C26H29Cl2NO6. The van der Waals surface area contributed by atoms with Gasteiger partial charge in [0.2, 0.25) is 0 Å². The first-order valence-electron chi connectivity index (χ1n) is 11.3. The van der Waals surface area contributed by atoms with Crippen LogP contribution in [0.3, 0.4) is 0 Å². The summed E-state index contributed by atoms with van der Waals surface area (Å²) in [5.41, 5.74) is 0.537. The number of carbonyl (C=O) groups excluding carboxylic acids is 2. The van der Waals surface area contributed by atoms with Crippen molar-refractivity contribution in [1.82, 2.24) is 4.90 Å². The fraction of sp³-hybridized carbons (Fsp3) is 0.423. The van der Waals surface area contributed by atoms with Crippen LogP contribution in [-0.4, -0.2) is 45.6 Å². The highest BCUT2D eigenvalue weighted by Crippen LogP contribution is 2.44. The molecule has 0 bridgehead atoms. The average molecular weight is 522 g/mol. The fourth-order valence-corrected chi connectivity index (χ4v) is 4.51. The fourth-order valence-electron chi connectivity index (χ4n) is 4.19. The number of ether oxygens (including phenoxy) is 2. The van der Waals surface area contributed by atoms with E-state index in [4.69, 9.17) is 32.7 Å². The Bertz CT molecular complexity index is 1080. The SMILES string of the molecule is CC[C@@H](C(=O)OC(C)(C)C)N1C(=O)[C@H](CC(=O)O)O[C@H](c2cccc(Cl)c2)[C@H]1c1ccc(Cl)cc1. The van der Waals surface area contributed by atoms with E-state index in [9.17, 15) is 19.5 Å². The summed E-state index contributed by atoms with van der Waals surface area (Å²) in [5.74, 6) is -2.36. The van der Waals surface area contributed by atoms with Crippen molar-refractivity contribution in [3.63, 3.8) is 0 Å². The van der Waals surface area contributed by atoms with Crippen molar-refractivity contribution in [3.05, 3.63) is 69.7 Å². The first-order chi connectivity index (χ1) is 16.4. The third-order valence-electron chi connectivity index (χ3n) is 5.58. The van der Waals surface area contributed by atoms with Gasteiger partial charge in [-0.1, -0.05) is 54.4 Å². The van der Waals surface area contributed by atoms with Gasteiger partial charge in [-0.15, -0.1) is 0 Å². The van der Waals surface area contributed by atoms with Crippen LogP contribution >= 0.6 is 23.2 Å². The molecule has 0 spiro atoms. The number of hydrogen-bond donors (Lipinski definition) is 1. The highest BCUT2D eigenvalue weighted by atomic mass is 35.5. The number of hydrogen-bond acceptors (Lipinski definition) is 5. The molecule has 9 heteroatoms. The number of carbonyl (C=O) groups is 3. The molecule has 0 aliphatic carbocycles. The maximum Gasteiger partial charge on any atom is 0.329 e. The second-order valence-corrected chi connectivity index (χ2v) is 10.3. The van der Waals surface area contributed by atoms with E-state index in [0.29, 0.717) is 21.2 Å². The predicted octanol–water partition coefficient (Wildman–Crippen LogP) is 5.60. The van der Waals surface area contributed by atoms with Gasteiger partial charge in [0.25, 0.3) is 5.91 Å². The number of carboxylic acid groups (broad SMARTS) is 1. The molecule has 1 amide bonds. The lowest BCUT2D eigenvalue weighted by atomic mass is 9.89. The Morgan fingerprint density at radius 2 is 1.74 bits per heavy atom. The summed E-state index contributed by atoms with van der Waals surface area (Å²) in [5, 5.41) is 10.4. The molecule has 2 aromatic carbocycles. The van der Waals surface area contributed by atoms with E-state index in [2.05, 4.69) is 0 Å². The van der Waals surface area contributed by atoms with Crippen molar-refractivity contribution in [3.8, 4) is 0 Å². The molecule has 0 saturated carbocycles. The van der Waals surface area contributed by atoms with E-state index in [1.807, 2.05) is 0 Å². The summed E-state index contributed by atoms with van der Waals surface area (Å²) in [6, 6.07) is 12.1. The zero-order valence-electron chi connectivity index (χ0n) is 20.0. The molecule has 1 aliphatic heterocycles. The zero-order chi connectivity index (χ0) is 25.9. The Balaban J connectivity index is 2.20. The van der Waals surface area contributed by atoms with Gasteiger partial charge in [-0.2, -0.15) is 0 Å². The number of amides is 1. The zero-order valence-corrected chi connectivity index (χ0v) is 21.5. The van der Waals surface area contributed by atoms with E-state index in [1.165, 1.54) is 4.90 Å². The van der Waals surface area contributed by atoms with Crippen molar-refractivity contribution in [2.45, 2.75) is 70.4 Å². The normalized spacial score (nSPS) is 21.5. The predicted molar refractivity (Wildman–Crippen MR) is 132 cm³/mol. The van der Waals surface area contributed by atoms with Crippen LogP contribution in [0, 0.1) is 0 Å². The van der Waals surface area contributed by atoms with Gasteiger partial charge >= 0.3 is 11.9 Å². The summed E-state index contributed by atoms with van der Waals surface area (Å²) >= 11 is 12.4. The van der Waals surface area contributed by atoms with Crippen LogP contribution in [0.25, 0.3) is 0 Å². The quantitative estimate of drug-likeness (QED) is 0.476. The van der Waals surface area contributed by atoms with Crippen molar-refractivity contribution in [1.29, 1.82) is 0 Å². The average Bonchev–Trinajstić information content (AvgIpc) is 2.75. The van der Waals surface area contributed by atoms with Gasteiger partial charge in [0, 0.05) is 10.0 Å². The minimum atomic E-state index is -1.29. The molecule has 4 atom stereocenters. The topological polar surface area (TPSA) is 93.1 Å². The van der Waals surface area contributed by atoms with Gasteiger partial charge in [-0.3, -0.25) is 9.59 Å². The van der Waals surface area contributed by atoms with Gasteiger partial charge in [-0.05, 0) is 62.6 Å². The summed E-state index contributed by atoms with van der Waals surface area (Å²) in [6.07, 6.45) is -2.39. The number of aliphatic carboxylic acids is 1. The van der Waals surface area contributed by atoms with E-state index >= 15 is 0 Å². The lowest BCUT2D eigenvalue weighted by Crippen LogP contribution is -2.57. The third-order valence-corrected chi connectivity index (χ3v) is 6.06. The molecule has 35 heavy (non-hydrogen) atoms. The molecule has 0 unspecified atom stereocenters. The van der Waals surface area contributed by atoms with Crippen LogP contribution in [0.5, 0.6) is 0 Å². The minimum absolute atomic E-state index is 0.257. The van der Waals surface area contributed by atoms with Gasteiger partial charge in [0.15, 0.2) is 0 Å². The minimum Gasteiger partial charge on any atom is -0.481 e. The van der Waals surface area contributed by atoms with Gasteiger partial charge < -0.3 is 19.5 Å². The second kappa shape index (κ2) is 11.0. The number of morpholine rings is 1. The molecule has 3 rings (SSSR count). The number of halogens is 2. The van der Waals surface area contributed by atoms with E-state index in [-0.39, 0.29) is 6.42 Å². The molecule has 1 N–H and O–H groups in total. The Morgan fingerprint density at radius 3 is 2.29 bits per heavy atom. The maximum atomic E-state index is 13.7. The van der Waals surface area contributed by atoms with Gasteiger partial charge in [0.1, 0.15) is 23.9 Å². The number of carboxylic acids is 1. The highest BCUT2D eigenvalue weighted by Gasteiger charge is 2.49. The smallest absolute Gasteiger partial charge is 0.329 e. The largest absolute Gasteiger partial charge is 0.481 e. The standard InChI is InChI=1S/C26H29Cl2NO6/c1-5-19(25(33)35-26(2,3)4)29-22(15-9-11-17(27)12-10-15)23(16-7-6-8-18(28)13-16)34-20(24(29)32)14-21(30)31/h6-13,19-20,22-23H,5,14H2,1-4H3,(H,30,31)/t19-,20-,22+,23+/m0/s1. The molecule has 1 aliphatic rings. The van der Waals surface area contributed by atoms with E-state index in [1.54, 1.807) is 76.2 Å². The summed E-state index contributed by atoms with van der Waals surface area (Å²) in [4.78, 5) is 40.0. The molecule has 7 nitrogen and oxygen atoms in total. The Labute approximate surface area is 214 Å². The third kappa shape index (κ3) is 6.54. The molecule has 1 fully saturated rings. The molecule has 1 heterocycles. The van der Waals surface area contributed by atoms with Crippen LogP contribution in [0.4, 0.5) is 0 Å². The monoisotopic (exact) mass is 521 g/mol. The van der Waals surface area contributed by atoms with Crippen molar-refractivity contribution >= 4 is 41.0 Å². The van der Waals surface area contributed by atoms with Crippen LogP contribution in [0.15, 0.2) is 48.5 Å². The molecule has 2 aromatic rings. The second-order valence-electron chi connectivity index (χ2n) is 9.40. The molecule has 1 saturated heterocycles. The van der Waals surface area contributed by atoms with Crippen LogP contribution in [0.2, 0.25) is 10.0 Å². The molecular weight excluding hydrogens is 493 g/mol. The summed E-state index contributed by atoms with van der Waals surface area (Å²) in [6.45, 7) is 7.02. The van der Waals surface area contributed by atoms with Crippen LogP contribution < -0.4 is 0 Å². The number of nitrogens with zero attached hydrogens (tertiary/aromatic N) is 1. The van der Waals surface area contributed by atoms with Crippen LogP contribution in [0.1, 0.15) is 63.8 Å². The number of rotatable bonds is 7. The molecule has 0 aromatic heterocycles. The lowest BCUT2D eigenvalue weighted by molar-refractivity contribution is -0.191. The van der Waals surface area contributed by atoms with Gasteiger partial charge in [-0.25, -0.2) is 4.79 Å². The van der Waals surface area contributed by atoms with Crippen LogP contribution in [-0.2, 0) is 23.9 Å². The first-order valence-corrected chi connectivity index (χ1v) is 12.1. The van der Waals surface area contributed by atoms with Crippen molar-refractivity contribution in [2.75, 3.05) is 0 Å². The maximum absolute atomic E-state index is 13.7. The highest BCUT2D eigenvalue weighted by molar-refractivity contribution is 6.30. The Hall–Kier alpha value is -2.61. The van der Waals surface area contributed by atoms with Gasteiger partial charge in [0.05, 0.1) is 12.5 Å². The number of esters is 1. The number of benzene rings is 2. The van der Waals surface area contributed by atoms with Crippen molar-refractivity contribution in [2.24, 2.45) is 0 Å². The Morgan fingerprint density at radius 1 is 1.09 bits per heavy atom. The van der Waals surface area contributed by atoms with E-state index in [0.717, 1.165) is 0 Å². The Kier molecular flexibility index (Phi) is 8.46. The van der Waals surface area contributed by atoms with E-state index < -0.39 is 54.2 Å².